The number of carboxylic acids is 1. The number of carbonyl (C=O) groups excluding carboxylic acids is 1. The lowest BCUT2D eigenvalue weighted by Gasteiger charge is -2.27. The van der Waals surface area contributed by atoms with Gasteiger partial charge in [-0.15, -0.1) is 0 Å². The van der Waals surface area contributed by atoms with E-state index in [1.54, 1.807) is 0 Å². The number of aliphatic carboxylic acids is 1. The van der Waals surface area contributed by atoms with Gasteiger partial charge in [0.15, 0.2) is 0 Å². The number of hydrogen-bond donors (Lipinski definition) is 2. The average Bonchev–Trinajstić information content (AvgIpc) is 2.30. The maximum Gasteiger partial charge on any atom is 0.323 e. The third kappa shape index (κ3) is 9.38. The van der Waals surface area contributed by atoms with Crippen molar-refractivity contribution in [2.45, 2.75) is 26.3 Å². The molecule has 0 aliphatic carbocycles. The number of ether oxygens (including phenoxy) is 1. The van der Waals surface area contributed by atoms with E-state index in [1.807, 2.05) is 13.8 Å². The maximum absolute atomic E-state index is 12.4. The van der Waals surface area contributed by atoms with Gasteiger partial charge in [-0.1, -0.05) is 13.8 Å². The number of nitrogens with zero attached hydrogens (tertiary/aromatic N) is 1. The first kappa shape index (κ1) is 19.8. The van der Waals surface area contributed by atoms with Gasteiger partial charge in [0.25, 0.3) is 0 Å². The number of amides is 1. The Labute approximate surface area is 125 Å². The van der Waals surface area contributed by atoms with Crippen LogP contribution in [0, 0.1) is 5.92 Å². The summed E-state index contributed by atoms with van der Waals surface area (Å²) < 4.78 is 29.8. The van der Waals surface area contributed by atoms with Crippen molar-refractivity contribution in [1.29, 1.82) is 0 Å². The Hall–Kier alpha value is -1.19. The molecule has 1 unspecified atom stereocenters. The Morgan fingerprint density at radius 2 is 1.90 bits per heavy atom. The van der Waals surface area contributed by atoms with Crippen LogP contribution in [0.3, 0.4) is 0 Å². The first-order valence-electron chi connectivity index (χ1n) is 6.53. The molecule has 0 aromatic rings. The lowest BCUT2D eigenvalue weighted by atomic mass is 10.0. The molecule has 0 aromatic heterocycles. The highest BCUT2D eigenvalue weighted by atomic mass is 32.2. The molecule has 8 nitrogen and oxygen atoms in total. The average molecular weight is 324 g/mol. The molecule has 0 radical (unpaired) electrons. The number of methoxy groups -OCH3 is 1. The zero-order chi connectivity index (χ0) is 16.6. The zero-order valence-electron chi connectivity index (χ0n) is 12.8. The first-order valence-corrected chi connectivity index (χ1v) is 8.42. The molecule has 1 atom stereocenters. The van der Waals surface area contributed by atoms with E-state index >= 15 is 0 Å². The number of sulfonamides is 1. The molecule has 0 heterocycles. The van der Waals surface area contributed by atoms with Crippen LogP contribution in [0.5, 0.6) is 0 Å². The fourth-order valence-electron chi connectivity index (χ4n) is 1.78. The number of rotatable bonds is 10. The summed E-state index contributed by atoms with van der Waals surface area (Å²) in [7, 11) is -2.14. The van der Waals surface area contributed by atoms with Crippen molar-refractivity contribution in [1.82, 2.24) is 9.62 Å². The van der Waals surface area contributed by atoms with Gasteiger partial charge in [0.1, 0.15) is 12.6 Å². The number of carbonyl (C=O) groups is 2. The Morgan fingerprint density at radius 3 is 2.29 bits per heavy atom. The predicted molar refractivity (Wildman–Crippen MR) is 77.3 cm³/mol. The van der Waals surface area contributed by atoms with Crippen LogP contribution in [0.4, 0.5) is 0 Å². The van der Waals surface area contributed by atoms with E-state index in [1.165, 1.54) is 7.11 Å². The van der Waals surface area contributed by atoms with Crippen LogP contribution in [0.2, 0.25) is 0 Å². The minimum Gasteiger partial charge on any atom is -0.480 e. The summed E-state index contributed by atoms with van der Waals surface area (Å²) in [6.45, 7) is 3.46. The Bertz CT molecular complexity index is 449. The van der Waals surface area contributed by atoms with Crippen molar-refractivity contribution < 1.29 is 27.9 Å². The minimum atomic E-state index is -3.57. The number of hydrogen-bond acceptors (Lipinski definition) is 5. The van der Waals surface area contributed by atoms with Gasteiger partial charge in [0.05, 0.1) is 12.9 Å². The molecule has 21 heavy (non-hydrogen) atoms. The molecule has 0 aliphatic heterocycles. The van der Waals surface area contributed by atoms with Crippen LogP contribution in [-0.4, -0.2) is 69.4 Å². The second-order valence-electron chi connectivity index (χ2n) is 5.22. The molecule has 124 valence electrons. The van der Waals surface area contributed by atoms with E-state index in [9.17, 15) is 18.0 Å². The summed E-state index contributed by atoms with van der Waals surface area (Å²) in [6.07, 6.45) is 1.25. The predicted octanol–water partition coefficient (Wildman–Crippen LogP) is -0.490. The third-order valence-electron chi connectivity index (χ3n) is 2.56. The second-order valence-corrected chi connectivity index (χ2v) is 7.00. The molecule has 0 saturated heterocycles. The van der Waals surface area contributed by atoms with Crippen molar-refractivity contribution in [3.05, 3.63) is 0 Å². The van der Waals surface area contributed by atoms with Crippen LogP contribution in [0.1, 0.15) is 20.3 Å². The molecular weight excluding hydrogens is 300 g/mol. The molecule has 0 fully saturated rings. The van der Waals surface area contributed by atoms with Crippen molar-refractivity contribution in [3.63, 3.8) is 0 Å². The monoisotopic (exact) mass is 324 g/mol. The fourth-order valence-corrected chi connectivity index (χ4v) is 2.50. The van der Waals surface area contributed by atoms with E-state index in [2.05, 4.69) is 4.72 Å². The lowest BCUT2D eigenvalue weighted by Crippen LogP contribution is -2.51. The van der Waals surface area contributed by atoms with Gasteiger partial charge >= 0.3 is 5.97 Å². The van der Waals surface area contributed by atoms with E-state index < -0.39 is 34.5 Å². The molecular formula is C12H24N2O6S. The van der Waals surface area contributed by atoms with Crippen LogP contribution >= 0.6 is 0 Å². The third-order valence-corrected chi connectivity index (χ3v) is 3.28. The van der Waals surface area contributed by atoms with E-state index in [0.29, 0.717) is 0 Å². The van der Waals surface area contributed by atoms with Gasteiger partial charge in [-0.05, 0) is 12.3 Å². The second kappa shape index (κ2) is 8.96. The summed E-state index contributed by atoms with van der Waals surface area (Å²) in [6, 6.07) is -0.976. The molecule has 0 aliphatic rings. The van der Waals surface area contributed by atoms with Crippen molar-refractivity contribution in [2.75, 3.05) is 33.1 Å². The summed E-state index contributed by atoms with van der Waals surface area (Å²) in [5, 5.41) is 8.85. The van der Waals surface area contributed by atoms with Crippen LogP contribution in [0.25, 0.3) is 0 Å². The van der Waals surface area contributed by atoms with Gasteiger partial charge in [-0.25, -0.2) is 13.1 Å². The van der Waals surface area contributed by atoms with Gasteiger partial charge in [-0.3, -0.25) is 9.59 Å². The summed E-state index contributed by atoms with van der Waals surface area (Å²) in [5.41, 5.74) is 0. The number of nitrogens with one attached hydrogen (secondary N) is 1. The topological polar surface area (TPSA) is 113 Å². The fraction of sp³-hybridized carbons (Fsp3) is 0.833. The highest BCUT2D eigenvalue weighted by Crippen LogP contribution is 2.09. The van der Waals surface area contributed by atoms with E-state index in [4.69, 9.17) is 9.84 Å². The van der Waals surface area contributed by atoms with Gasteiger partial charge in [-0.2, -0.15) is 0 Å². The molecule has 0 bridgehead atoms. The van der Waals surface area contributed by atoms with Crippen molar-refractivity contribution in [2.24, 2.45) is 5.92 Å². The maximum atomic E-state index is 12.4. The molecule has 9 heteroatoms. The van der Waals surface area contributed by atoms with Gasteiger partial charge < -0.3 is 14.7 Å². The molecule has 0 rings (SSSR count). The van der Waals surface area contributed by atoms with Crippen LogP contribution in [-0.2, 0) is 24.3 Å². The molecule has 0 saturated carbocycles. The Balaban J connectivity index is 5.11. The Morgan fingerprint density at radius 1 is 1.33 bits per heavy atom. The smallest absolute Gasteiger partial charge is 0.323 e. The molecule has 2 N–H and O–H groups in total. The van der Waals surface area contributed by atoms with Crippen molar-refractivity contribution >= 4 is 21.9 Å². The van der Waals surface area contributed by atoms with Crippen LogP contribution < -0.4 is 4.72 Å². The highest BCUT2D eigenvalue weighted by molar-refractivity contribution is 7.88. The van der Waals surface area contributed by atoms with Gasteiger partial charge in [0.2, 0.25) is 15.9 Å². The normalized spacial score (nSPS) is 13.2. The largest absolute Gasteiger partial charge is 0.480 e. The zero-order valence-corrected chi connectivity index (χ0v) is 13.6. The first-order chi connectivity index (χ1) is 9.56. The Kier molecular flexibility index (Phi) is 8.45. The SMILES string of the molecule is COCCN(CC(=O)O)C(=O)C(CC(C)C)NS(C)(=O)=O. The molecule has 0 spiro atoms. The lowest BCUT2D eigenvalue weighted by molar-refractivity contribution is -0.145. The molecule has 1 amide bonds. The van der Waals surface area contributed by atoms with Gasteiger partial charge in [0, 0.05) is 13.7 Å². The summed E-state index contributed by atoms with van der Waals surface area (Å²) >= 11 is 0. The summed E-state index contributed by atoms with van der Waals surface area (Å²) in [5.74, 6) is -1.65. The van der Waals surface area contributed by atoms with Crippen molar-refractivity contribution in [3.8, 4) is 0 Å². The van der Waals surface area contributed by atoms with E-state index in [0.717, 1.165) is 11.2 Å². The van der Waals surface area contributed by atoms with E-state index in [-0.39, 0.29) is 25.5 Å². The summed E-state index contributed by atoms with van der Waals surface area (Å²) in [4.78, 5) is 24.3. The standard InChI is InChI=1S/C12H24N2O6S/c1-9(2)7-10(13-21(4,18)19)12(17)14(5-6-20-3)8-11(15)16/h9-10,13H,5-8H2,1-4H3,(H,15,16). The quantitative estimate of drug-likeness (QED) is 0.561. The highest BCUT2D eigenvalue weighted by Gasteiger charge is 2.28. The molecule has 0 aromatic carbocycles. The van der Waals surface area contributed by atoms with Crippen LogP contribution in [0.15, 0.2) is 0 Å². The number of carboxylic acid groups (broad SMARTS) is 1. The minimum absolute atomic E-state index is 0.0716.